The van der Waals surface area contributed by atoms with Gasteiger partial charge in [-0.05, 0) is 42.0 Å². The number of ether oxygens (including phenoxy) is 1. The highest BCUT2D eigenvalue weighted by molar-refractivity contribution is 7.90. The molecule has 1 N–H and O–H groups in total. The molecule has 3 aromatic rings. The van der Waals surface area contributed by atoms with Crippen LogP contribution in [0.5, 0.6) is 5.75 Å². The second-order valence-electron chi connectivity index (χ2n) is 5.97. The number of anilines is 1. The van der Waals surface area contributed by atoms with Gasteiger partial charge in [0.15, 0.2) is 21.1 Å². The van der Waals surface area contributed by atoms with Crippen LogP contribution >= 0.6 is 22.9 Å². The first kappa shape index (κ1) is 17.3. The summed E-state index contributed by atoms with van der Waals surface area (Å²) < 4.78 is 29.7. The van der Waals surface area contributed by atoms with E-state index < -0.39 is 15.9 Å². The van der Waals surface area contributed by atoms with E-state index in [0.29, 0.717) is 32.5 Å². The molecule has 0 aliphatic carbocycles. The van der Waals surface area contributed by atoms with Crippen LogP contribution in [0.1, 0.15) is 5.56 Å². The number of carbonyl (C=O) groups is 1. The number of hydrogen-bond acceptors (Lipinski definition) is 6. The number of aromatic nitrogens is 1. The molecule has 0 unspecified atom stereocenters. The summed E-state index contributed by atoms with van der Waals surface area (Å²) in [5.41, 5.74) is 1.51. The molecule has 26 heavy (non-hydrogen) atoms. The van der Waals surface area contributed by atoms with E-state index in [1.807, 2.05) is 0 Å². The third-order valence-corrected chi connectivity index (χ3v) is 6.29. The Bertz CT molecular complexity index is 1140. The fourth-order valence-electron chi connectivity index (χ4n) is 2.74. The van der Waals surface area contributed by atoms with Gasteiger partial charge in [-0.3, -0.25) is 10.1 Å². The van der Waals surface area contributed by atoms with Crippen LogP contribution < -0.4 is 10.1 Å². The number of amides is 1. The van der Waals surface area contributed by atoms with Gasteiger partial charge >= 0.3 is 0 Å². The first-order valence-corrected chi connectivity index (χ1v) is 10.7. The molecule has 6 nitrogen and oxygen atoms in total. The van der Waals surface area contributed by atoms with E-state index in [9.17, 15) is 13.2 Å². The molecule has 2 heterocycles. The SMILES string of the molecule is CS(=O)(=O)c1ccc2nc(NC(=O)[C@@H]3Cc4cc(Cl)ccc4O3)sc2c1. The standard InChI is InChI=1S/C17H13ClN2O4S2/c1-26(22,23)11-3-4-12-15(8-11)25-17(19-12)20-16(21)14-7-9-6-10(18)2-5-13(9)24-14/h2-6,8,14H,7H2,1H3,(H,19,20,21)/t14-/m0/s1. The highest BCUT2D eigenvalue weighted by Crippen LogP contribution is 2.32. The van der Waals surface area contributed by atoms with Crippen molar-refractivity contribution < 1.29 is 17.9 Å². The van der Waals surface area contributed by atoms with Gasteiger partial charge in [0.05, 0.1) is 15.1 Å². The monoisotopic (exact) mass is 408 g/mol. The largest absolute Gasteiger partial charge is 0.480 e. The van der Waals surface area contributed by atoms with Gasteiger partial charge in [-0.15, -0.1) is 0 Å². The van der Waals surface area contributed by atoms with Crippen LogP contribution in [0.2, 0.25) is 5.02 Å². The van der Waals surface area contributed by atoms with Gasteiger partial charge in [-0.2, -0.15) is 0 Å². The minimum atomic E-state index is -3.29. The van der Waals surface area contributed by atoms with Crippen molar-refractivity contribution in [2.45, 2.75) is 17.4 Å². The summed E-state index contributed by atoms with van der Waals surface area (Å²) >= 11 is 7.18. The zero-order valence-corrected chi connectivity index (χ0v) is 15.9. The molecule has 0 radical (unpaired) electrons. The fraction of sp³-hybridized carbons (Fsp3) is 0.176. The summed E-state index contributed by atoms with van der Waals surface area (Å²) in [5.74, 6) is 0.344. The van der Waals surface area contributed by atoms with E-state index in [0.717, 1.165) is 11.8 Å². The van der Waals surface area contributed by atoms with Crippen LogP contribution in [0.25, 0.3) is 10.2 Å². The minimum Gasteiger partial charge on any atom is -0.480 e. The summed E-state index contributed by atoms with van der Waals surface area (Å²) in [4.78, 5) is 17.0. The molecule has 9 heteroatoms. The number of nitrogens with one attached hydrogen (secondary N) is 1. The first-order chi connectivity index (χ1) is 12.3. The molecule has 134 valence electrons. The number of nitrogens with zero attached hydrogens (tertiary/aromatic N) is 1. The van der Waals surface area contributed by atoms with Crippen LogP contribution in [0.4, 0.5) is 5.13 Å². The van der Waals surface area contributed by atoms with Crippen molar-refractivity contribution in [2.75, 3.05) is 11.6 Å². The van der Waals surface area contributed by atoms with Crippen molar-refractivity contribution in [3.05, 3.63) is 47.0 Å². The molecule has 0 fully saturated rings. The average molecular weight is 409 g/mol. The first-order valence-electron chi connectivity index (χ1n) is 7.66. The van der Waals surface area contributed by atoms with E-state index in [1.54, 1.807) is 30.3 Å². The van der Waals surface area contributed by atoms with Crippen LogP contribution in [0.15, 0.2) is 41.3 Å². The third kappa shape index (κ3) is 3.27. The van der Waals surface area contributed by atoms with Crippen LogP contribution in [0, 0.1) is 0 Å². The van der Waals surface area contributed by atoms with Gasteiger partial charge < -0.3 is 4.74 Å². The highest BCUT2D eigenvalue weighted by Gasteiger charge is 2.29. The number of hydrogen-bond donors (Lipinski definition) is 1. The molecule has 1 aliphatic heterocycles. The molecule has 0 bridgehead atoms. The summed E-state index contributed by atoms with van der Waals surface area (Å²) in [7, 11) is -3.29. The van der Waals surface area contributed by atoms with Crippen molar-refractivity contribution in [2.24, 2.45) is 0 Å². The Morgan fingerprint density at radius 3 is 2.88 bits per heavy atom. The van der Waals surface area contributed by atoms with Crippen molar-refractivity contribution in [1.29, 1.82) is 0 Å². The maximum atomic E-state index is 12.5. The van der Waals surface area contributed by atoms with Gasteiger partial charge in [-0.25, -0.2) is 13.4 Å². The number of sulfone groups is 1. The quantitative estimate of drug-likeness (QED) is 0.718. The Kier molecular flexibility index (Phi) is 4.13. The van der Waals surface area contributed by atoms with Gasteiger partial charge in [-0.1, -0.05) is 22.9 Å². The summed E-state index contributed by atoms with van der Waals surface area (Å²) in [6.07, 6.45) is 0.937. The number of rotatable bonds is 3. The van der Waals surface area contributed by atoms with Gasteiger partial charge in [0.1, 0.15) is 5.75 Å². The molecule has 1 aromatic heterocycles. The van der Waals surface area contributed by atoms with Crippen LogP contribution in [-0.4, -0.2) is 31.7 Å². The number of carbonyl (C=O) groups excluding carboxylic acids is 1. The highest BCUT2D eigenvalue weighted by atomic mass is 35.5. The third-order valence-electron chi connectivity index (χ3n) is 4.01. The molecule has 0 spiro atoms. The molecule has 1 amide bonds. The van der Waals surface area contributed by atoms with Crippen molar-refractivity contribution in [1.82, 2.24) is 4.98 Å². The lowest BCUT2D eigenvalue weighted by molar-refractivity contribution is -0.122. The molecular formula is C17H13ClN2O4S2. The predicted octanol–water partition coefficient (Wildman–Crippen LogP) is 3.30. The second-order valence-corrected chi connectivity index (χ2v) is 9.46. The summed E-state index contributed by atoms with van der Waals surface area (Å²) in [6.45, 7) is 0. The molecular weight excluding hydrogens is 396 g/mol. The van der Waals surface area contributed by atoms with Gasteiger partial charge in [0.25, 0.3) is 5.91 Å². The fourth-order valence-corrected chi connectivity index (χ4v) is 4.56. The number of halogens is 1. The van der Waals surface area contributed by atoms with Gasteiger partial charge in [0, 0.05) is 17.7 Å². The predicted molar refractivity (Wildman–Crippen MR) is 101 cm³/mol. The topological polar surface area (TPSA) is 85.4 Å². The van der Waals surface area contributed by atoms with E-state index in [4.69, 9.17) is 16.3 Å². The number of fused-ring (bicyclic) bond motifs is 2. The second kappa shape index (κ2) is 6.22. The number of thiazole rings is 1. The van der Waals surface area contributed by atoms with Crippen molar-refractivity contribution in [3.63, 3.8) is 0 Å². The Labute approximate surface area is 158 Å². The lowest BCUT2D eigenvalue weighted by atomic mass is 10.1. The summed E-state index contributed by atoms with van der Waals surface area (Å²) in [6, 6.07) is 9.94. The van der Waals surface area contributed by atoms with Gasteiger partial charge in [0.2, 0.25) is 0 Å². The summed E-state index contributed by atoms with van der Waals surface area (Å²) in [5, 5.41) is 3.74. The van der Waals surface area contributed by atoms with E-state index in [2.05, 4.69) is 10.3 Å². The van der Waals surface area contributed by atoms with E-state index >= 15 is 0 Å². The lowest BCUT2D eigenvalue weighted by Crippen LogP contribution is -2.31. The van der Waals surface area contributed by atoms with Crippen molar-refractivity contribution in [3.8, 4) is 5.75 Å². The molecule has 0 saturated carbocycles. The Morgan fingerprint density at radius 1 is 1.31 bits per heavy atom. The molecule has 2 aromatic carbocycles. The Morgan fingerprint density at radius 2 is 2.12 bits per heavy atom. The molecule has 1 atom stereocenters. The zero-order chi connectivity index (χ0) is 18.5. The maximum Gasteiger partial charge on any atom is 0.267 e. The normalized spacial score (nSPS) is 16.3. The van der Waals surface area contributed by atoms with Crippen LogP contribution in [0.3, 0.4) is 0 Å². The Hall–Kier alpha value is -2.16. The Balaban J connectivity index is 1.53. The van der Waals surface area contributed by atoms with Crippen molar-refractivity contribution >= 4 is 54.0 Å². The smallest absolute Gasteiger partial charge is 0.267 e. The van der Waals surface area contributed by atoms with E-state index in [1.165, 1.54) is 17.4 Å². The van der Waals surface area contributed by atoms with E-state index in [-0.39, 0.29) is 10.8 Å². The molecule has 0 saturated heterocycles. The zero-order valence-electron chi connectivity index (χ0n) is 13.5. The maximum absolute atomic E-state index is 12.5. The molecule has 1 aliphatic rings. The minimum absolute atomic E-state index is 0.220. The lowest BCUT2D eigenvalue weighted by Gasteiger charge is -2.09. The molecule has 4 rings (SSSR count). The average Bonchev–Trinajstić information content (AvgIpc) is 3.15. The van der Waals surface area contributed by atoms with Crippen LogP contribution in [-0.2, 0) is 21.1 Å². The number of benzene rings is 2.